The zero-order chi connectivity index (χ0) is 14.0. The molecule has 0 aliphatic rings. The number of hydrogen-bond acceptors (Lipinski definition) is 4. The average Bonchev–Trinajstić information content (AvgIpc) is 2.27. The van der Waals surface area contributed by atoms with Gasteiger partial charge in [0, 0.05) is 0 Å². The van der Waals surface area contributed by atoms with Crippen molar-refractivity contribution in [3.63, 3.8) is 0 Å². The number of ether oxygens (including phenoxy) is 1. The lowest BCUT2D eigenvalue weighted by molar-refractivity contribution is -0.138. The molecule has 102 valence electrons. The van der Waals surface area contributed by atoms with Crippen molar-refractivity contribution >= 4 is 10.1 Å². The summed E-state index contributed by atoms with van der Waals surface area (Å²) in [4.78, 5) is 0. The van der Waals surface area contributed by atoms with Crippen LogP contribution in [0.5, 0.6) is 5.75 Å². The maximum atomic E-state index is 12.5. The number of benzene rings is 1. The summed E-state index contributed by atoms with van der Waals surface area (Å²) in [5.41, 5.74) is -0.801. The summed E-state index contributed by atoms with van der Waals surface area (Å²) in [6.07, 6.45) is -4.55. The van der Waals surface area contributed by atoms with Gasteiger partial charge in [-0.25, -0.2) is 0 Å². The van der Waals surface area contributed by atoms with E-state index in [1.807, 2.05) is 0 Å². The molecule has 1 aromatic rings. The second-order valence-corrected chi connectivity index (χ2v) is 5.14. The predicted octanol–water partition coefficient (Wildman–Crippen LogP) is 2.19. The van der Waals surface area contributed by atoms with E-state index in [0.29, 0.717) is 0 Å². The Morgan fingerprint density at radius 3 is 2.28 bits per heavy atom. The molecule has 0 fully saturated rings. The van der Waals surface area contributed by atoms with Crippen LogP contribution in [0, 0.1) is 0 Å². The highest BCUT2D eigenvalue weighted by atomic mass is 32.2. The molecule has 0 aliphatic carbocycles. The maximum Gasteiger partial charge on any atom is 0.419 e. The van der Waals surface area contributed by atoms with Crippen LogP contribution in [-0.4, -0.2) is 22.6 Å². The Bertz CT molecular complexity index is 522. The standard InChI is InChI=1S/C10H11F3O4S/c1-16-9-5-7(6-18(14,15)17-2)3-4-8(9)10(11,12)13/h3-5H,6H2,1-2H3. The molecule has 0 saturated heterocycles. The zero-order valence-corrected chi connectivity index (χ0v) is 10.4. The molecule has 18 heavy (non-hydrogen) atoms. The summed E-state index contributed by atoms with van der Waals surface area (Å²) in [5, 5.41) is 0. The molecule has 0 atom stereocenters. The molecule has 0 aromatic heterocycles. The average molecular weight is 284 g/mol. The van der Waals surface area contributed by atoms with Crippen molar-refractivity contribution in [1.29, 1.82) is 0 Å². The summed E-state index contributed by atoms with van der Waals surface area (Å²) < 4.78 is 68.8. The summed E-state index contributed by atoms with van der Waals surface area (Å²) in [6, 6.07) is 2.88. The van der Waals surface area contributed by atoms with Crippen LogP contribution in [0.2, 0.25) is 0 Å². The van der Waals surface area contributed by atoms with Crippen molar-refractivity contribution < 1.29 is 30.5 Å². The SMILES string of the molecule is COc1cc(CS(=O)(=O)OC)ccc1C(F)(F)F. The van der Waals surface area contributed by atoms with Gasteiger partial charge in [0.05, 0.1) is 19.8 Å². The maximum absolute atomic E-state index is 12.5. The van der Waals surface area contributed by atoms with Gasteiger partial charge in [0.1, 0.15) is 11.5 Å². The first-order valence-electron chi connectivity index (χ1n) is 4.72. The Hall–Kier alpha value is -1.28. The van der Waals surface area contributed by atoms with Crippen molar-refractivity contribution in [1.82, 2.24) is 0 Å². The molecule has 0 radical (unpaired) electrons. The first kappa shape index (κ1) is 14.8. The van der Waals surface area contributed by atoms with Crippen molar-refractivity contribution in [2.75, 3.05) is 14.2 Å². The van der Waals surface area contributed by atoms with Crippen LogP contribution in [0.3, 0.4) is 0 Å². The molecule has 1 rings (SSSR count). The molecule has 0 spiro atoms. The van der Waals surface area contributed by atoms with Crippen molar-refractivity contribution in [2.24, 2.45) is 0 Å². The van der Waals surface area contributed by atoms with Gasteiger partial charge >= 0.3 is 6.18 Å². The van der Waals surface area contributed by atoms with Crippen LogP contribution in [0.4, 0.5) is 13.2 Å². The van der Waals surface area contributed by atoms with Gasteiger partial charge in [-0.15, -0.1) is 0 Å². The second-order valence-electron chi connectivity index (χ2n) is 3.40. The number of alkyl halides is 3. The molecule has 0 amide bonds. The monoisotopic (exact) mass is 284 g/mol. The Morgan fingerprint density at radius 1 is 1.22 bits per heavy atom. The largest absolute Gasteiger partial charge is 0.496 e. The first-order valence-corrected chi connectivity index (χ1v) is 6.30. The highest BCUT2D eigenvalue weighted by Gasteiger charge is 2.34. The summed E-state index contributed by atoms with van der Waals surface area (Å²) in [5.74, 6) is -0.941. The van der Waals surface area contributed by atoms with Gasteiger partial charge in [0.25, 0.3) is 10.1 Å². The van der Waals surface area contributed by atoms with E-state index in [2.05, 4.69) is 8.92 Å². The molecule has 0 saturated carbocycles. The molecule has 0 bridgehead atoms. The summed E-state index contributed by atoms with van der Waals surface area (Å²) >= 11 is 0. The zero-order valence-electron chi connectivity index (χ0n) is 9.61. The number of methoxy groups -OCH3 is 1. The second kappa shape index (κ2) is 5.15. The Kier molecular flexibility index (Phi) is 4.23. The first-order chi connectivity index (χ1) is 8.19. The quantitative estimate of drug-likeness (QED) is 0.795. The summed E-state index contributed by atoms with van der Waals surface area (Å²) in [7, 11) is -1.72. The van der Waals surface area contributed by atoms with Gasteiger partial charge in [0.15, 0.2) is 0 Å². The van der Waals surface area contributed by atoms with E-state index in [0.717, 1.165) is 32.4 Å². The smallest absolute Gasteiger partial charge is 0.419 e. The van der Waals surface area contributed by atoms with E-state index < -0.39 is 33.4 Å². The van der Waals surface area contributed by atoms with E-state index in [9.17, 15) is 21.6 Å². The lowest BCUT2D eigenvalue weighted by Gasteiger charge is -2.13. The van der Waals surface area contributed by atoms with Gasteiger partial charge in [0.2, 0.25) is 0 Å². The van der Waals surface area contributed by atoms with Crippen LogP contribution in [0.15, 0.2) is 18.2 Å². The molecular formula is C10H11F3O4S. The highest BCUT2D eigenvalue weighted by molar-refractivity contribution is 7.85. The van der Waals surface area contributed by atoms with E-state index >= 15 is 0 Å². The van der Waals surface area contributed by atoms with Gasteiger partial charge in [-0.1, -0.05) is 6.07 Å². The molecule has 0 N–H and O–H groups in total. The fraction of sp³-hybridized carbons (Fsp3) is 0.400. The molecular weight excluding hydrogens is 273 g/mol. The van der Waals surface area contributed by atoms with Gasteiger partial charge in [-0.3, -0.25) is 4.18 Å². The van der Waals surface area contributed by atoms with E-state index in [1.54, 1.807) is 0 Å². The van der Waals surface area contributed by atoms with Crippen LogP contribution in [0.1, 0.15) is 11.1 Å². The van der Waals surface area contributed by atoms with E-state index in [1.165, 1.54) is 0 Å². The minimum atomic E-state index is -4.55. The van der Waals surface area contributed by atoms with E-state index in [-0.39, 0.29) is 5.56 Å². The van der Waals surface area contributed by atoms with Gasteiger partial charge < -0.3 is 4.74 Å². The van der Waals surface area contributed by atoms with Crippen LogP contribution in [0.25, 0.3) is 0 Å². The Labute approximate surface area is 102 Å². The topological polar surface area (TPSA) is 52.6 Å². The summed E-state index contributed by atoms with van der Waals surface area (Å²) in [6.45, 7) is 0. The minimum absolute atomic E-state index is 0.154. The Balaban J connectivity index is 3.15. The van der Waals surface area contributed by atoms with Crippen molar-refractivity contribution in [3.05, 3.63) is 29.3 Å². The lowest BCUT2D eigenvalue weighted by atomic mass is 10.1. The van der Waals surface area contributed by atoms with Crippen LogP contribution < -0.4 is 4.74 Å². The highest BCUT2D eigenvalue weighted by Crippen LogP contribution is 2.36. The molecule has 1 aromatic carbocycles. The molecule has 8 heteroatoms. The van der Waals surface area contributed by atoms with Crippen LogP contribution in [-0.2, 0) is 26.2 Å². The van der Waals surface area contributed by atoms with Crippen molar-refractivity contribution in [3.8, 4) is 5.75 Å². The van der Waals surface area contributed by atoms with Crippen LogP contribution >= 0.6 is 0 Å². The number of rotatable bonds is 4. The lowest BCUT2D eigenvalue weighted by Crippen LogP contribution is -2.10. The fourth-order valence-corrected chi connectivity index (χ4v) is 2.03. The Morgan fingerprint density at radius 2 is 1.83 bits per heavy atom. The fourth-order valence-electron chi connectivity index (χ4n) is 1.32. The van der Waals surface area contributed by atoms with E-state index in [4.69, 9.17) is 0 Å². The minimum Gasteiger partial charge on any atom is -0.496 e. The van der Waals surface area contributed by atoms with Gasteiger partial charge in [-0.2, -0.15) is 21.6 Å². The third-order valence-electron chi connectivity index (χ3n) is 2.17. The third kappa shape index (κ3) is 3.61. The molecule has 0 aliphatic heterocycles. The van der Waals surface area contributed by atoms with Crippen molar-refractivity contribution in [2.45, 2.75) is 11.9 Å². The normalized spacial score (nSPS) is 12.5. The predicted molar refractivity (Wildman–Crippen MR) is 57.6 cm³/mol. The molecule has 0 unspecified atom stereocenters. The third-order valence-corrected chi connectivity index (χ3v) is 3.36. The molecule has 0 heterocycles. The molecule has 4 nitrogen and oxygen atoms in total. The number of hydrogen-bond donors (Lipinski definition) is 0. The number of halogens is 3. The van der Waals surface area contributed by atoms with Gasteiger partial charge in [-0.05, 0) is 17.7 Å².